The van der Waals surface area contributed by atoms with Crippen molar-refractivity contribution in [3.05, 3.63) is 35.4 Å². The summed E-state index contributed by atoms with van der Waals surface area (Å²) in [6, 6.07) is 6.79. The van der Waals surface area contributed by atoms with Gasteiger partial charge < -0.3 is 14.6 Å². The number of rotatable bonds is 1. The van der Waals surface area contributed by atoms with Crippen LogP contribution in [0.2, 0.25) is 0 Å². The summed E-state index contributed by atoms with van der Waals surface area (Å²) >= 11 is 0. The molecule has 4 nitrogen and oxygen atoms in total. The van der Waals surface area contributed by atoms with Crippen molar-refractivity contribution in [2.45, 2.75) is 18.4 Å². The second kappa shape index (κ2) is 5.87. The zero-order chi connectivity index (χ0) is 13.7. The molecule has 0 aliphatic carbocycles. The molecule has 100 valence electrons. The molecule has 0 unspecified atom stereocenters. The summed E-state index contributed by atoms with van der Waals surface area (Å²) in [7, 11) is 1.34. The SMILES string of the molecule is COC(=O)c1ccc(C#CC2(O)CCOCC2)cc1. The predicted molar refractivity (Wildman–Crippen MR) is 69.7 cm³/mol. The van der Waals surface area contributed by atoms with Gasteiger partial charge in [0.05, 0.1) is 25.9 Å². The van der Waals surface area contributed by atoms with E-state index in [4.69, 9.17) is 4.74 Å². The Labute approximate surface area is 112 Å². The number of benzene rings is 1. The van der Waals surface area contributed by atoms with Gasteiger partial charge in [-0.05, 0) is 24.3 Å². The van der Waals surface area contributed by atoms with Crippen LogP contribution in [0.5, 0.6) is 0 Å². The van der Waals surface area contributed by atoms with Crippen LogP contribution in [0.3, 0.4) is 0 Å². The topological polar surface area (TPSA) is 55.8 Å². The molecule has 1 aromatic carbocycles. The summed E-state index contributed by atoms with van der Waals surface area (Å²) in [5.41, 5.74) is 0.282. The lowest BCUT2D eigenvalue weighted by atomic mass is 9.95. The Morgan fingerprint density at radius 3 is 2.53 bits per heavy atom. The lowest BCUT2D eigenvalue weighted by molar-refractivity contribution is -0.0262. The highest BCUT2D eigenvalue weighted by Gasteiger charge is 2.27. The quantitative estimate of drug-likeness (QED) is 0.612. The van der Waals surface area contributed by atoms with E-state index in [0.717, 1.165) is 5.56 Å². The van der Waals surface area contributed by atoms with E-state index in [0.29, 0.717) is 31.6 Å². The van der Waals surface area contributed by atoms with Crippen LogP contribution >= 0.6 is 0 Å². The number of methoxy groups -OCH3 is 1. The monoisotopic (exact) mass is 260 g/mol. The molecule has 0 amide bonds. The van der Waals surface area contributed by atoms with Crippen LogP contribution in [-0.4, -0.2) is 37.0 Å². The Morgan fingerprint density at radius 1 is 1.32 bits per heavy atom. The van der Waals surface area contributed by atoms with Crippen LogP contribution in [0.1, 0.15) is 28.8 Å². The number of carbonyl (C=O) groups is 1. The summed E-state index contributed by atoms with van der Waals surface area (Å²) in [6.45, 7) is 1.07. The molecule has 0 bridgehead atoms. The first-order valence-electron chi connectivity index (χ1n) is 6.15. The number of esters is 1. The van der Waals surface area contributed by atoms with E-state index in [1.54, 1.807) is 24.3 Å². The zero-order valence-corrected chi connectivity index (χ0v) is 10.8. The number of aliphatic hydroxyl groups is 1. The first-order valence-corrected chi connectivity index (χ1v) is 6.15. The van der Waals surface area contributed by atoms with Crippen LogP contribution in [0, 0.1) is 11.8 Å². The van der Waals surface area contributed by atoms with Crippen LogP contribution in [0.15, 0.2) is 24.3 Å². The van der Waals surface area contributed by atoms with Crippen LogP contribution in [-0.2, 0) is 9.47 Å². The molecule has 1 N–H and O–H groups in total. The van der Waals surface area contributed by atoms with Gasteiger partial charge in [0.1, 0.15) is 5.60 Å². The van der Waals surface area contributed by atoms with Crippen molar-refractivity contribution in [3.63, 3.8) is 0 Å². The van der Waals surface area contributed by atoms with E-state index < -0.39 is 5.60 Å². The van der Waals surface area contributed by atoms with Crippen LogP contribution < -0.4 is 0 Å². The van der Waals surface area contributed by atoms with Gasteiger partial charge in [0.15, 0.2) is 0 Å². The van der Waals surface area contributed by atoms with Gasteiger partial charge in [-0.15, -0.1) is 0 Å². The first-order chi connectivity index (χ1) is 9.13. The molecule has 0 radical (unpaired) electrons. The average Bonchev–Trinajstić information content (AvgIpc) is 2.46. The van der Waals surface area contributed by atoms with Crippen molar-refractivity contribution in [3.8, 4) is 11.8 Å². The van der Waals surface area contributed by atoms with E-state index in [1.807, 2.05) is 0 Å². The minimum atomic E-state index is -0.959. The second-order valence-corrected chi connectivity index (χ2v) is 4.46. The Morgan fingerprint density at radius 2 is 1.95 bits per heavy atom. The third-order valence-electron chi connectivity index (χ3n) is 3.07. The Hall–Kier alpha value is -1.83. The maximum atomic E-state index is 11.3. The van der Waals surface area contributed by atoms with E-state index in [-0.39, 0.29) is 5.97 Å². The first kappa shape index (κ1) is 13.6. The summed E-state index contributed by atoms with van der Waals surface area (Å²) in [5, 5.41) is 10.2. The van der Waals surface area contributed by atoms with Gasteiger partial charge in [-0.25, -0.2) is 4.79 Å². The van der Waals surface area contributed by atoms with Crippen molar-refractivity contribution in [1.82, 2.24) is 0 Å². The molecular formula is C15H16O4. The Balaban J connectivity index is 2.09. The maximum absolute atomic E-state index is 11.3. The third kappa shape index (κ3) is 3.57. The average molecular weight is 260 g/mol. The van der Waals surface area contributed by atoms with Gasteiger partial charge in [-0.1, -0.05) is 11.8 Å². The molecule has 1 aliphatic rings. The fourth-order valence-corrected chi connectivity index (χ4v) is 1.83. The van der Waals surface area contributed by atoms with E-state index in [1.165, 1.54) is 7.11 Å². The molecule has 0 saturated carbocycles. The fraction of sp³-hybridized carbons (Fsp3) is 0.400. The number of ether oxygens (including phenoxy) is 2. The third-order valence-corrected chi connectivity index (χ3v) is 3.07. The molecule has 0 atom stereocenters. The van der Waals surface area contributed by atoms with Crippen LogP contribution in [0.4, 0.5) is 0 Å². The molecular weight excluding hydrogens is 244 g/mol. The van der Waals surface area contributed by atoms with Crippen molar-refractivity contribution in [1.29, 1.82) is 0 Å². The highest BCUT2D eigenvalue weighted by molar-refractivity contribution is 5.89. The van der Waals surface area contributed by atoms with Gasteiger partial charge in [0.2, 0.25) is 0 Å². The molecule has 1 aromatic rings. The zero-order valence-electron chi connectivity index (χ0n) is 10.8. The minimum Gasteiger partial charge on any atom is -0.465 e. The molecule has 2 rings (SSSR count). The van der Waals surface area contributed by atoms with E-state index in [2.05, 4.69) is 16.6 Å². The lowest BCUT2D eigenvalue weighted by Crippen LogP contribution is -2.34. The normalized spacial score (nSPS) is 17.2. The molecule has 19 heavy (non-hydrogen) atoms. The second-order valence-electron chi connectivity index (χ2n) is 4.46. The Kier molecular flexibility index (Phi) is 4.20. The van der Waals surface area contributed by atoms with Crippen molar-refractivity contribution >= 4 is 5.97 Å². The molecule has 1 fully saturated rings. The van der Waals surface area contributed by atoms with Gasteiger partial charge >= 0.3 is 5.97 Å². The largest absolute Gasteiger partial charge is 0.465 e. The van der Waals surface area contributed by atoms with Crippen molar-refractivity contribution in [2.24, 2.45) is 0 Å². The summed E-state index contributed by atoms with van der Waals surface area (Å²) in [5.74, 6) is 5.45. The van der Waals surface area contributed by atoms with E-state index >= 15 is 0 Å². The van der Waals surface area contributed by atoms with Gasteiger partial charge in [-0.2, -0.15) is 0 Å². The van der Waals surface area contributed by atoms with Gasteiger partial charge in [0.25, 0.3) is 0 Å². The maximum Gasteiger partial charge on any atom is 0.337 e. The molecule has 1 saturated heterocycles. The number of carbonyl (C=O) groups excluding carboxylic acids is 1. The fourth-order valence-electron chi connectivity index (χ4n) is 1.83. The van der Waals surface area contributed by atoms with Crippen LogP contribution in [0.25, 0.3) is 0 Å². The Bertz CT molecular complexity index is 501. The summed E-state index contributed by atoms with van der Waals surface area (Å²) in [4.78, 5) is 11.3. The lowest BCUT2D eigenvalue weighted by Gasteiger charge is -2.26. The summed E-state index contributed by atoms with van der Waals surface area (Å²) < 4.78 is 9.81. The highest BCUT2D eigenvalue weighted by Crippen LogP contribution is 2.19. The molecule has 1 aliphatic heterocycles. The van der Waals surface area contributed by atoms with Gasteiger partial charge in [0, 0.05) is 18.4 Å². The summed E-state index contributed by atoms with van der Waals surface area (Å²) in [6.07, 6.45) is 1.06. The molecule has 0 aromatic heterocycles. The standard InChI is InChI=1S/C15H16O4/c1-18-14(16)13-4-2-12(3-5-13)6-7-15(17)8-10-19-11-9-15/h2-5,17H,8-11H2,1H3. The smallest absolute Gasteiger partial charge is 0.337 e. The molecule has 0 spiro atoms. The predicted octanol–water partition coefficient (Wildman–Crippen LogP) is 1.37. The molecule has 1 heterocycles. The van der Waals surface area contributed by atoms with Crippen molar-refractivity contribution < 1.29 is 19.4 Å². The number of hydrogen-bond donors (Lipinski definition) is 1. The number of hydrogen-bond acceptors (Lipinski definition) is 4. The van der Waals surface area contributed by atoms with E-state index in [9.17, 15) is 9.90 Å². The van der Waals surface area contributed by atoms with Gasteiger partial charge in [-0.3, -0.25) is 0 Å². The molecule has 4 heteroatoms. The highest BCUT2D eigenvalue weighted by atomic mass is 16.5. The van der Waals surface area contributed by atoms with Crippen molar-refractivity contribution in [2.75, 3.05) is 20.3 Å². The minimum absolute atomic E-state index is 0.373.